The molecule has 1 N–H and O–H groups in total. The Bertz CT molecular complexity index is 1010. The van der Waals surface area contributed by atoms with E-state index in [0.29, 0.717) is 16.2 Å². The normalized spacial score (nSPS) is 16.5. The first kappa shape index (κ1) is 20.1. The lowest BCUT2D eigenvalue weighted by molar-refractivity contribution is -0.138. The van der Waals surface area contributed by atoms with E-state index in [-0.39, 0.29) is 29.3 Å². The van der Waals surface area contributed by atoms with Gasteiger partial charge in [-0.05, 0) is 26.0 Å². The molecule has 0 bridgehead atoms. The number of halogens is 4. The Morgan fingerprint density at radius 3 is 2.64 bits per heavy atom. The molecule has 2 heterocycles. The number of ether oxygens (including phenoxy) is 1. The molecular weight excluding hydrogens is 439 g/mol. The highest BCUT2D eigenvalue weighted by Crippen LogP contribution is 2.34. The van der Waals surface area contributed by atoms with E-state index in [1.807, 2.05) is 0 Å². The number of amidine groups is 1. The predicted molar refractivity (Wildman–Crippen MR) is 100.0 cm³/mol. The molecule has 1 aromatic carbocycles. The van der Waals surface area contributed by atoms with E-state index in [9.17, 15) is 18.0 Å². The van der Waals surface area contributed by atoms with Crippen molar-refractivity contribution in [1.29, 1.82) is 0 Å². The highest BCUT2D eigenvalue weighted by molar-refractivity contribution is 9.10. The first-order chi connectivity index (χ1) is 13.3. The number of hydrogen-bond donors (Lipinski definition) is 1. The molecule has 28 heavy (non-hydrogen) atoms. The number of allylic oxidation sites excluding steroid dienone is 1. The zero-order valence-corrected chi connectivity index (χ0v) is 16.5. The highest BCUT2D eigenvalue weighted by atomic mass is 79.9. The maximum Gasteiger partial charge on any atom is 0.338 e. The molecule has 9 heteroatoms. The third-order valence-electron chi connectivity index (χ3n) is 4.03. The van der Waals surface area contributed by atoms with Gasteiger partial charge in [0.1, 0.15) is 23.4 Å². The lowest BCUT2D eigenvalue weighted by Gasteiger charge is -2.26. The Morgan fingerprint density at radius 2 is 2.00 bits per heavy atom. The second kappa shape index (κ2) is 8.14. The summed E-state index contributed by atoms with van der Waals surface area (Å²) in [5, 5.41) is 2.79. The third kappa shape index (κ3) is 3.94. The summed E-state index contributed by atoms with van der Waals surface area (Å²) in [7, 11) is 0. The monoisotopic (exact) mass is 453 g/mol. The molecule has 3 rings (SSSR count). The van der Waals surface area contributed by atoms with Gasteiger partial charge in [0.05, 0.1) is 18.4 Å². The second-order valence-electron chi connectivity index (χ2n) is 5.91. The van der Waals surface area contributed by atoms with Crippen molar-refractivity contribution >= 4 is 27.7 Å². The van der Waals surface area contributed by atoms with Crippen molar-refractivity contribution in [2.75, 3.05) is 6.61 Å². The van der Waals surface area contributed by atoms with Crippen LogP contribution in [0.3, 0.4) is 0 Å². The number of carbonyl (C=O) groups is 1. The summed E-state index contributed by atoms with van der Waals surface area (Å²) in [5.41, 5.74) is 0.258. The Hall–Kier alpha value is -2.68. The molecule has 0 saturated carbocycles. The van der Waals surface area contributed by atoms with Crippen LogP contribution in [-0.2, 0) is 9.53 Å². The number of hydrogen-bond acceptors (Lipinski definition) is 5. The van der Waals surface area contributed by atoms with Crippen LogP contribution < -0.4 is 5.32 Å². The van der Waals surface area contributed by atoms with Crippen LogP contribution in [0, 0.1) is 17.5 Å². The van der Waals surface area contributed by atoms with Crippen LogP contribution in [0.4, 0.5) is 13.2 Å². The molecular formula is C19H15BrF3N3O2. The highest BCUT2D eigenvalue weighted by Gasteiger charge is 2.33. The van der Waals surface area contributed by atoms with E-state index < -0.39 is 29.5 Å². The van der Waals surface area contributed by atoms with E-state index in [1.165, 1.54) is 12.1 Å². The maximum absolute atomic E-state index is 14.6. The first-order valence-electron chi connectivity index (χ1n) is 8.30. The number of aliphatic imine (C=N–C) groups is 1. The fraction of sp³-hybridized carbons (Fsp3) is 0.211. The van der Waals surface area contributed by atoms with E-state index in [4.69, 9.17) is 4.74 Å². The molecule has 0 aliphatic carbocycles. The molecule has 1 aliphatic heterocycles. The van der Waals surface area contributed by atoms with Crippen molar-refractivity contribution in [2.24, 2.45) is 4.99 Å². The minimum Gasteiger partial charge on any atom is -0.463 e. The smallest absolute Gasteiger partial charge is 0.338 e. The first-order valence-corrected chi connectivity index (χ1v) is 9.10. The predicted octanol–water partition coefficient (Wildman–Crippen LogP) is 4.19. The average Bonchev–Trinajstić information content (AvgIpc) is 2.61. The van der Waals surface area contributed by atoms with Crippen molar-refractivity contribution in [2.45, 2.75) is 19.9 Å². The molecule has 0 fully saturated rings. The minimum absolute atomic E-state index is 0.0460. The summed E-state index contributed by atoms with van der Waals surface area (Å²) in [5.74, 6) is -3.10. The number of aromatic nitrogens is 1. The second-order valence-corrected chi connectivity index (χ2v) is 6.83. The van der Waals surface area contributed by atoms with Crippen LogP contribution >= 0.6 is 15.9 Å². The molecule has 0 spiro atoms. The van der Waals surface area contributed by atoms with Gasteiger partial charge in [-0.3, -0.25) is 4.99 Å². The van der Waals surface area contributed by atoms with Crippen LogP contribution in [0.2, 0.25) is 0 Å². The van der Waals surface area contributed by atoms with Gasteiger partial charge in [-0.2, -0.15) is 0 Å². The summed E-state index contributed by atoms with van der Waals surface area (Å²) in [6, 6.07) is 3.89. The van der Waals surface area contributed by atoms with Crippen molar-refractivity contribution in [3.8, 4) is 0 Å². The Morgan fingerprint density at radius 1 is 1.25 bits per heavy atom. The fourth-order valence-corrected chi connectivity index (χ4v) is 3.14. The van der Waals surface area contributed by atoms with Gasteiger partial charge in [0, 0.05) is 21.8 Å². The van der Waals surface area contributed by atoms with Gasteiger partial charge in [-0.1, -0.05) is 22.0 Å². The Balaban J connectivity index is 2.15. The maximum atomic E-state index is 14.6. The van der Waals surface area contributed by atoms with Gasteiger partial charge < -0.3 is 10.1 Å². The van der Waals surface area contributed by atoms with Crippen LogP contribution in [0.5, 0.6) is 0 Å². The van der Waals surface area contributed by atoms with Gasteiger partial charge in [-0.15, -0.1) is 0 Å². The summed E-state index contributed by atoms with van der Waals surface area (Å²) >= 11 is 3.18. The Kier molecular flexibility index (Phi) is 5.83. The summed E-state index contributed by atoms with van der Waals surface area (Å²) in [6.07, 6.45) is 0.845. The van der Waals surface area contributed by atoms with Gasteiger partial charge in [0.25, 0.3) is 0 Å². The van der Waals surface area contributed by atoms with E-state index in [0.717, 1.165) is 6.20 Å². The molecule has 0 amide bonds. The van der Waals surface area contributed by atoms with Crippen LogP contribution in [-0.4, -0.2) is 23.4 Å². The van der Waals surface area contributed by atoms with E-state index >= 15 is 0 Å². The van der Waals surface area contributed by atoms with Crippen LogP contribution in [0.25, 0.3) is 0 Å². The number of pyridine rings is 1. The number of esters is 1. The van der Waals surface area contributed by atoms with E-state index in [1.54, 1.807) is 19.9 Å². The number of nitrogens with zero attached hydrogens (tertiary/aromatic N) is 2. The van der Waals surface area contributed by atoms with Crippen molar-refractivity contribution in [1.82, 2.24) is 10.3 Å². The van der Waals surface area contributed by atoms with Gasteiger partial charge in [0.15, 0.2) is 11.7 Å². The largest absolute Gasteiger partial charge is 0.463 e. The summed E-state index contributed by atoms with van der Waals surface area (Å²) in [4.78, 5) is 20.5. The molecule has 2 aromatic rings. The SMILES string of the molecule is CCOC(=O)C1=C(C)NC(c2ncc(F)cc2F)=NC1c1ccc(Br)cc1F. The topological polar surface area (TPSA) is 63.6 Å². The molecule has 1 atom stereocenters. The lowest BCUT2D eigenvalue weighted by Crippen LogP contribution is -2.34. The Labute approximate surface area is 167 Å². The molecule has 1 aromatic heterocycles. The van der Waals surface area contributed by atoms with Crippen LogP contribution in [0.15, 0.2) is 51.2 Å². The molecule has 5 nitrogen and oxygen atoms in total. The number of rotatable bonds is 4. The van der Waals surface area contributed by atoms with Crippen molar-refractivity contribution in [3.63, 3.8) is 0 Å². The van der Waals surface area contributed by atoms with Crippen molar-refractivity contribution < 1.29 is 22.7 Å². The summed E-state index contributed by atoms with van der Waals surface area (Å²) in [6.45, 7) is 3.33. The number of carbonyl (C=O) groups excluding carboxylic acids is 1. The van der Waals surface area contributed by atoms with Gasteiger partial charge in [0.2, 0.25) is 0 Å². The van der Waals surface area contributed by atoms with Crippen molar-refractivity contribution in [3.05, 3.63) is 74.9 Å². The minimum atomic E-state index is -1.09. The quantitative estimate of drug-likeness (QED) is 0.704. The molecule has 1 unspecified atom stereocenters. The summed E-state index contributed by atoms with van der Waals surface area (Å²) < 4.78 is 47.6. The third-order valence-corrected chi connectivity index (χ3v) is 4.52. The lowest BCUT2D eigenvalue weighted by atomic mass is 9.95. The zero-order chi connectivity index (χ0) is 20.4. The average molecular weight is 454 g/mol. The zero-order valence-electron chi connectivity index (χ0n) is 14.9. The molecule has 0 saturated heterocycles. The van der Waals surface area contributed by atoms with E-state index in [2.05, 4.69) is 31.2 Å². The number of benzene rings is 1. The standard InChI is InChI=1S/C19H15BrF3N3O2/c1-3-28-19(27)15-9(2)25-18(17-14(23)7-11(21)8-24-17)26-16(15)12-5-4-10(20)6-13(12)22/h4-8,16H,3H2,1-2H3,(H,25,26). The molecule has 146 valence electrons. The molecule has 1 aliphatic rings. The van der Waals surface area contributed by atoms with Crippen LogP contribution in [0.1, 0.15) is 31.1 Å². The number of nitrogens with one attached hydrogen (secondary N) is 1. The molecule has 0 radical (unpaired) electrons. The van der Waals surface area contributed by atoms with Gasteiger partial charge in [-0.25, -0.2) is 22.9 Å². The fourth-order valence-electron chi connectivity index (χ4n) is 2.81. The van der Waals surface area contributed by atoms with Gasteiger partial charge >= 0.3 is 5.97 Å².